The summed E-state index contributed by atoms with van der Waals surface area (Å²) < 4.78 is 6.66. The second kappa shape index (κ2) is 5.70. The Kier molecular flexibility index (Phi) is 4.23. The number of nitrogens with one attached hydrogen (secondary N) is 1. The van der Waals surface area contributed by atoms with Crippen molar-refractivity contribution in [2.24, 2.45) is 0 Å². The lowest BCUT2D eigenvalue weighted by Gasteiger charge is -2.04. The summed E-state index contributed by atoms with van der Waals surface area (Å²) in [5.74, 6) is 0.782. The maximum atomic E-state index is 10.8. The minimum Gasteiger partial charge on any atom is -0.454 e. The van der Waals surface area contributed by atoms with E-state index >= 15 is 0 Å². The summed E-state index contributed by atoms with van der Waals surface area (Å²) in [5, 5.41) is 13.9. The smallest absolute Gasteiger partial charge is 0.285 e. The monoisotopic (exact) mass is 422 g/mol. The number of halogens is 2. The highest BCUT2D eigenvalue weighted by Crippen LogP contribution is 2.28. The number of anilines is 1. The fraction of sp³-hybridized carbons (Fsp3) is 0.0909. The van der Waals surface area contributed by atoms with Crippen molar-refractivity contribution >= 4 is 49.9 Å². The topological polar surface area (TPSA) is 68.3 Å². The number of benzene rings is 1. The van der Waals surface area contributed by atoms with Gasteiger partial charge in [0.1, 0.15) is 5.76 Å². The van der Waals surface area contributed by atoms with Crippen LogP contribution < -0.4 is 5.32 Å². The van der Waals surface area contributed by atoms with Crippen LogP contribution in [0.4, 0.5) is 11.4 Å². The van der Waals surface area contributed by atoms with Gasteiger partial charge in [-0.3, -0.25) is 10.1 Å². The third-order valence-corrected chi connectivity index (χ3v) is 3.49. The summed E-state index contributed by atoms with van der Waals surface area (Å²) in [6.07, 6.45) is 0. The van der Waals surface area contributed by atoms with Gasteiger partial charge < -0.3 is 9.73 Å². The summed E-state index contributed by atoms with van der Waals surface area (Å²) in [4.78, 5) is 10.4. The molecule has 1 aromatic heterocycles. The first kappa shape index (κ1) is 13.3. The molecule has 7 heteroatoms. The number of rotatable bonds is 4. The maximum Gasteiger partial charge on any atom is 0.285 e. The zero-order valence-corrected chi connectivity index (χ0v) is 12.8. The van der Waals surface area contributed by atoms with E-state index in [-0.39, 0.29) is 5.69 Å². The highest BCUT2D eigenvalue weighted by atomic mass is 127. The van der Waals surface area contributed by atoms with Crippen molar-refractivity contribution in [3.05, 3.63) is 54.4 Å². The Morgan fingerprint density at radius 3 is 2.78 bits per heavy atom. The highest BCUT2D eigenvalue weighted by Gasteiger charge is 2.12. The van der Waals surface area contributed by atoms with E-state index in [2.05, 4.69) is 43.8 Å². The molecule has 0 saturated heterocycles. The van der Waals surface area contributed by atoms with Crippen molar-refractivity contribution in [3.63, 3.8) is 0 Å². The van der Waals surface area contributed by atoms with Crippen LogP contribution in [-0.4, -0.2) is 4.92 Å². The van der Waals surface area contributed by atoms with Gasteiger partial charge in [-0.15, -0.1) is 0 Å². The van der Waals surface area contributed by atoms with E-state index in [1.807, 2.05) is 12.1 Å². The fourth-order valence-corrected chi connectivity index (χ4v) is 2.25. The molecule has 0 bridgehead atoms. The van der Waals surface area contributed by atoms with Crippen LogP contribution in [0.5, 0.6) is 0 Å². The third kappa shape index (κ3) is 3.22. The first-order chi connectivity index (χ1) is 8.56. The van der Waals surface area contributed by atoms with Crippen molar-refractivity contribution in [1.82, 2.24) is 0 Å². The Balaban J connectivity index is 2.10. The SMILES string of the molecule is O=[N+]([O-])c1cc(NCc2ccc(I)o2)ccc1Br. The molecule has 2 rings (SSSR count). The Morgan fingerprint density at radius 1 is 1.39 bits per heavy atom. The predicted octanol–water partition coefficient (Wildman–Crippen LogP) is 4.17. The van der Waals surface area contributed by atoms with Crippen LogP contribution in [0.1, 0.15) is 5.76 Å². The lowest BCUT2D eigenvalue weighted by molar-refractivity contribution is -0.385. The van der Waals surface area contributed by atoms with Crippen molar-refractivity contribution in [2.75, 3.05) is 5.32 Å². The Hall–Kier alpha value is -1.09. The number of hydrogen-bond donors (Lipinski definition) is 1. The van der Waals surface area contributed by atoms with Crippen LogP contribution in [0.2, 0.25) is 0 Å². The first-order valence-electron chi connectivity index (χ1n) is 4.98. The number of nitrogens with zero attached hydrogens (tertiary/aromatic N) is 1. The molecule has 2 aromatic rings. The van der Waals surface area contributed by atoms with Crippen LogP contribution in [0.3, 0.4) is 0 Å². The molecule has 1 heterocycles. The molecule has 0 unspecified atom stereocenters. The molecule has 18 heavy (non-hydrogen) atoms. The number of nitro benzene ring substituents is 1. The van der Waals surface area contributed by atoms with Gasteiger partial charge in [0, 0.05) is 11.8 Å². The molecule has 1 aromatic carbocycles. The highest BCUT2D eigenvalue weighted by molar-refractivity contribution is 14.1. The lowest BCUT2D eigenvalue weighted by Crippen LogP contribution is -1.99. The van der Waals surface area contributed by atoms with E-state index in [1.54, 1.807) is 12.1 Å². The minimum atomic E-state index is -0.426. The minimum absolute atomic E-state index is 0.0361. The van der Waals surface area contributed by atoms with E-state index in [4.69, 9.17) is 4.42 Å². The van der Waals surface area contributed by atoms with Crippen molar-refractivity contribution in [2.45, 2.75) is 6.54 Å². The molecule has 94 valence electrons. The van der Waals surface area contributed by atoms with Gasteiger partial charge in [-0.05, 0) is 62.8 Å². The van der Waals surface area contributed by atoms with E-state index in [1.165, 1.54) is 6.07 Å². The molecule has 0 aliphatic rings. The van der Waals surface area contributed by atoms with Gasteiger partial charge >= 0.3 is 0 Å². The van der Waals surface area contributed by atoms with Crippen LogP contribution in [0, 0.1) is 13.9 Å². The fourth-order valence-electron chi connectivity index (χ4n) is 1.40. The van der Waals surface area contributed by atoms with Crippen molar-refractivity contribution in [3.8, 4) is 0 Å². The Morgan fingerprint density at radius 2 is 2.17 bits per heavy atom. The standard InChI is InChI=1S/C11H8BrIN2O3/c12-9-3-1-7(5-10(9)15(16)17)14-6-8-2-4-11(13)18-8/h1-5,14H,6H2. The van der Waals surface area contributed by atoms with E-state index in [0.717, 1.165) is 9.53 Å². The van der Waals surface area contributed by atoms with Gasteiger partial charge in [0.15, 0.2) is 3.77 Å². The quantitative estimate of drug-likeness (QED) is 0.456. The van der Waals surface area contributed by atoms with E-state index < -0.39 is 4.92 Å². The third-order valence-electron chi connectivity index (χ3n) is 2.24. The van der Waals surface area contributed by atoms with Crippen molar-refractivity contribution in [1.29, 1.82) is 0 Å². The average Bonchev–Trinajstić information content (AvgIpc) is 2.74. The second-order valence-corrected chi connectivity index (χ2v) is 5.40. The molecule has 0 atom stereocenters. The lowest BCUT2D eigenvalue weighted by atomic mass is 10.3. The van der Waals surface area contributed by atoms with Crippen LogP contribution in [0.15, 0.2) is 39.2 Å². The second-order valence-electron chi connectivity index (χ2n) is 3.48. The van der Waals surface area contributed by atoms with Crippen LogP contribution >= 0.6 is 38.5 Å². The summed E-state index contributed by atoms with van der Waals surface area (Å²) in [6, 6.07) is 8.62. The molecule has 5 nitrogen and oxygen atoms in total. The van der Waals surface area contributed by atoms with Gasteiger partial charge in [-0.2, -0.15) is 0 Å². The molecule has 0 aliphatic heterocycles. The molecular formula is C11H8BrIN2O3. The van der Waals surface area contributed by atoms with Crippen LogP contribution in [-0.2, 0) is 6.54 Å². The summed E-state index contributed by atoms with van der Waals surface area (Å²) in [5.41, 5.74) is 0.713. The van der Waals surface area contributed by atoms with Crippen LogP contribution in [0.25, 0.3) is 0 Å². The molecule has 0 saturated carbocycles. The molecule has 0 radical (unpaired) electrons. The van der Waals surface area contributed by atoms with Gasteiger partial charge in [0.05, 0.1) is 15.9 Å². The predicted molar refractivity (Wildman–Crippen MR) is 79.5 cm³/mol. The number of hydrogen-bond acceptors (Lipinski definition) is 4. The first-order valence-corrected chi connectivity index (χ1v) is 6.85. The largest absolute Gasteiger partial charge is 0.454 e. The van der Waals surface area contributed by atoms with Gasteiger partial charge in [-0.25, -0.2) is 0 Å². The molecule has 0 spiro atoms. The molecule has 0 aliphatic carbocycles. The van der Waals surface area contributed by atoms with Gasteiger partial charge in [-0.1, -0.05) is 0 Å². The summed E-state index contributed by atoms with van der Waals surface area (Å²) in [6.45, 7) is 0.488. The van der Waals surface area contributed by atoms with E-state index in [0.29, 0.717) is 16.7 Å². The van der Waals surface area contributed by atoms with E-state index in [9.17, 15) is 10.1 Å². The Bertz CT molecular complexity index is 585. The molecule has 0 amide bonds. The molecule has 0 fully saturated rings. The van der Waals surface area contributed by atoms with Gasteiger partial charge in [0.2, 0.25) is 0 Å². The van der Waals surface area contributed by atoms with Crippen molar-refractivity contribution < 1.29 is 9.34 Å². The average molecular weight is 423 g/mol. The molecule has 1 N–H and O–H groups in total. The van der Waals surface area contributed by atoms with Gasteiger partial charge in [0.25, 0.3) is 5.69 Å². The number of furan rings is 1. The summed E-state index contributed by atoms with van der Waals surface area (Å²) in [7, 11) is 0. The molecular weight excluding hydrogens is 415 g/mol. The maximum absolute atomic E-state index is 10.8. The zero-order chi connectivity index (χ0) is 13.1. The Labute approximate surface area is 125 Å². The zero-order valence-electron chi connectivity index (χ0n) is 9.02. The normalized spacial score (nSPS) is 10.3. The summed E-state index contributed by atoms with van der Waals surface area (Å²) >= 11 is 5.22. The number of nitro groups is 1.